The Balaban J connectivity index is 1.41. The summed E-state index contributed by atoms with van der Waals surface area (Å²) in [6.07, 6.45) is 15.9. The van der Waals surface area contributed by atoms with E-state index in [1.165, 1.54) is 51.4 Å². The largest absolute Gasteiger partial charge is 0.478 e. The Labute approximate surface area is 169 Å². The first-order valence-electron chi connectivity index (χ1n) is 11.1. The van der Waals surface area contributed by atoms with Gasteiger partial charge in [-0.15, -0.1) is 0 Å². The Morgan fingerprint density at radius 3 is 2.64 bits per heavy atom. The molecule has 2 atom stereocenters. The SMILES string of the molecule is CN1CCC(COC2=CC3(C)C(=NC=NC3NC3CCCCCC3)C=N2)CC1. The molecule has 4 rings (SSSR count). The zero-order valence-electron chi connectivity index (χ0n) is 17.4. The summed E-state index contributed by atoms with van der Waals surface area (Å²) in [5.41, 5.74) is 0.672. The van der Waals surface area contributed by atoms with E-state index in [0.29, 0.717) is 12.0 Å². The Morgan fingerprint density at radius 2 is 1.89 bits per heavy atom. The number of fused-ring (bicyclic) bond motifs is 1. The normalized spacial score (nSPS) is 32.4. The molecule has 1 N–H and O–H groups in total. The number of ether oxygens (including phenoxy) is 1. The van der Waals surface area contributed by atoms with Gasteiger partial charge in [-0.2, -0.15) is 0 Å². The van der Waals surface area contributed by atoms with Gasteiger partial charge in [-0.3, -0.25) is 10.3 Å². The van der Waals surface area contributed by atoms with Crippen LogP contribution in [0.5, 0.6) is 0 Å². The molecule has 0 bridgehead atoms. The van der Waals surface area contributed by atoms with Crippen molar-refractivity contribution in [2.45, 2.75) is 70.5 Å². The second-order valence-electron chi connectivity index (χ2n) is 9.12. The van der Waals surface area contributed by atoms with Crippen LogP contribution in [0.25, 0.3) is 0 Å². The molecule has 1 aliphatic carbocycles. The highest BCUT2D eigenvalue weighted by Gasteiger charge is 2.42. The van der Waals surface area contributed by atoms with E-state index in [1.54, 1.807) is 6.34 Å². The zero-order valence-corrected chi connectivity index (χ0v) is 17.4. The first-order chi connectivity index (χ1) is 13.6. The first-order valence-corrected chi connectivity index (χ1v) is 11.1. The minimum Gasteiger partial charge on any atom is -0.478 e. The standard InChI is InChI=1S/C22H35N5O/c1-22-13-20(28-15-17-9-11-27(2)12-10-17)23-14-19(22)24-16-25-21(22)26-18-7-5-3-4-6-8-18/h13-14,16-18,21,26H,3-12,15H2,1-2H3. The fourth-order valence-electron chi connectivity index (χ4n) is 4.74. The highest BCUT2D eigenvalue weighted by atomic mass is 16.5. The fraction of sp³-hybridized carbons (Fsp3) is 0.773. The topological polar surface area (TPSA) is 61.6 Å². The number of piperidine rings is 1. The highest BCUT2D eigenvalue weighted by Crippen LogP contribution is 2.34. The van der Waals surface area contributed by atoms with Crippen LogP contribution in [0.1, 0.15) is 58.3 Å². The maximum absolute atomic E-state index is 6.14. The number of hydrogen-bond donors (Lipinski definition) is 1. The van der Waals surface area contributed by atoms with Crippen molar-refractivity contribution in [3.63, 3.8) is 0 Å². The average molecular weight is 386 g/mol. The monoisotopic (exact) mass is 385 g/mol. The molecule has 3 aliphatic heterocycles. The van der Waals surface area contributed by atoms with Crippen LogP contribution in [0.4, 0.5) is 0 Å². The maximum Gasteiger partial charge on any atom is 0.210 e. The third-order valence-electron chi connectivity index (χ3n) is 6.82. The van der Waals surface area contributed by atoms with Crippen molar-refractivity contribution >= 4 is 18.3 Å². The maximum atomic E-state index is 6.14. The van der Waals surface area contributed by atoms with Gasteiger partial charge in [0.05, 0.1) is 23.9 Å². The molecular weight excluding hydrogens is 350 g/mol. The molecule has 2 fully saturated rings. The molecular formula is C22H35N5O. The Kier molecular flexibility index (Phi) is 6.26. The lowest BCUT2D eigenvalue weighted by molar-refractivity contribution is 0.114. The molecule has 6 nitrogen and oxygen atoms in total. The van der Waals surface area contributed by atoms with Crippen LogP contribution in [-0.2, 0) is 4.74 Å². The molecule has 6 heteroatoms. The van der Waals surface area contributed by atoms with Crippen molar-refractivity contribution in [3.05, 3.63) is 12.0 Å². The quantitative estimate of drug-likeness (QED) is 0.738. The Morgan fingerprint density at radius 1 is 1.14 bits per heavy atom. The van der Waals surface area contributed by atoms with Gasteiger partial charge in [0.1, 0.15) is 12.5 Å². The predicted molar refractivity (Wildman–Crippen MR) is 115 cm³/mol. The molecule has 0 spiro atoms. The number of likely N-dealkylation sites (tertiary alicyclic amines) is 1. The van der Waals surface area contributed by atoms with Gasteiger partial charge in [0.2, 0.25) is 5.88 Å². The summed E-state index contributed by atoms with van der Waals surface area (Å²) in [4.78, 5) is 16.1. The number of rotatable bonds is 5. The van der Waals surface area contributed by atoms with E-state index in [-0.39, 0.29) is 11.6 Å². The van der Waals surface area contributed by atoms with Crippen LogP contribution in [0.15, 0.2) is 26.9 Å². The molecule has 0 radical (unpaired) electrons. The Bertz CT molecular complexity index is 654. The van der Waals surface area contributed by atoms with Crippen LogP contribution >= 0.6 is 0 Å². The molecule has 0 amide bonds. The van der Waals surface area contributed by atoms with Crippen molar-refractivity contribution in [2.75, 3.05) is 26.7 Å². The molecule has 0 aromatic carbocycles. The molecule has 0 aromatic heterocycles. The molecule has 154 valence electrons. The van der Waals surface area contributed by atoms with E-state index in [2.05, 4.69) is 40.2 Å². The lowest BCUT2D eigenvalue weighted by atomic mass is 9.79. The van der Waals surface area contributed by atoms with E-state index < -0.39 is 0 Å². The van der Waals surface area contributed by atoms with Gasteiger partial charge in [0.25, 0.3) is 0 Å². The first kappa shape index (κ1) is 19.8. The molecule has 0 aromatic rings. The van der Waals surface area contributed by atoms with E-state index in [9.17, 15) is 0 Å². The van der Waals surface area contributed by atoms with Crippen LogP contribution in [0.2, 0.25) is 0 Å². The summed E-state index contributed by atoms with van der Waals surface area (Å²) >= 11 is 0. The van der Waals surface area contributed by atoms with Crippen LogP contribution in [0, 0.1) is 11.3 Å². The molecule has 3 heterocycles. The summed E-state index contributed by atoms with van der Waals surface area (Å²) < 4.78 is 6.14. The zero-order chi connectivity index (χ0) is 19.4. The smallest absolute Gasteiger partial charge is 0.210 e. The summed E-state index contributed by atoms with van der Waals surface area (Å²) in [6, 6.07) is 0.539. The highest BCUT2D eigenvalue weighted by molar-refractivity contribution is 6.36. The molecule has 1 saturated carbocycles. The van der Waals surface area contributed by atoms with Crippen LogP contribution < -0.4 is 5.32 Å². The van der Waals surface area contributed by atoms with Gasteiger partial charge < -0.3 is 9.64 Å². The third kappa shape index (κ3) is 4.54. The van der Waals surface area contributed by atoms with Crippen molar-refractivity contribution < 1.29 is 4.74 Å². The summed E-state index contributed by atoms with van der Waals surface area (Å²) in [6.45, 7) is 5.28. The van der Waals surface area contributed by atoms with Gasteiger partial charge in [0.15, 0.2) is 0 Å². The van der Waals surface area contributed by atoms with Crippen LogP contribution in [-0.4, -0.2) is 62.1 Å². The van der Waals surface area contributed by atoms with E-state index in [0.717, 1.165) is 31.3 Å². The van der Waals surface area contributed by atoms with Crippen molar-refractivity contribution in [1.29, 1.82) is 0 Å². The lowest BCUT2D eigenvalue weighted by Gasteiger charge is -2.38. The van der Waals surface area contributed by atoms with Gasteiger partial charge >= 0.3 is 0 Å². The van der Waals surface area contributed by atoms with Gasteiger partial charge in [0, 0.05) is 6.04 Å². The number of aliphatic imine (C=N–C) groups is 3. The van der Waals surface area contributed by atoms with E-state index in [4.69, 9.17) is 9.73 Å². The van der Waals surface area contributed by atoms with Crippen molar-refractivity contribution in [2.24, 2.45) is 26.3 Å². The van der Waals surface area contributed by atoms with Crippen molar-refractivity contribution in [1.82, 2.24) is 10.2 Å². The van der Waals surface area contributed by atoms with Crippen LogP contribution in [0.3, 0.4) is 0 Å². The second kappa shape index (κ2) is 8.87. The molecule has 4 aliphatic rings. The lowest BCUT2D eigenvalue weighted by Crippen LogP contribution is -2.52. The number of hydrogen-bond acceptors (Lipinski definition) is 6. The Hall–Kier alpha value is -1.53. The van der Waals surface area contributed by atoms with E-state index >= 15 is 0 Å². The van der Waals surface area contributed by atoms with Crippen molar-refractivity contribution in [3.8, 4) is 0 Å². The number of nitrogens with zero attached hydrogens (tertiary/aromatic N) is 4. The molecule has 28 heavy (non-hydrogen) atoms. The third-order valence-corrected chi connectivity index (χ3v) is 6.82. The average Bonchev–Trinajstić information content (AvgIpc) is 2.97. The number of nitrogens with one attached hydrogen (secondary N) is 1. The van der Waals surface area contributed by atoms with Gasteiger partial charge in [-0.25, -0.2) is 9.98 Å². The minimum absolute atomic E-state index is 0.00298. The molecule has 2 unspecified atom stereocenters. The fourth-order valence-corrected chi connectivity index (χ4v) is 4.74. The summed E-state index contributed by atoms with van der Waals surface area (Å²) in [7, 11) is 2.19. The molecule has 1 saturated heterocycles. The van der Waals surface area contributed by atoms with Gasteiger partial charge in [-0.1, -0.05) is 25.7 Å². The summed E-state index contributed by atoms with van der Waals surface area (Å²) in [5, 5.41) is 3.82. The summed E-state index contributed by atoms with van der Waals surface area (Å²) in [5.74, 6) is 1.35. The minimum atomic E-state index is -0.301. The second-order valence-corrected chi connectivity index (χ2v) is 9.12. The van der Waals surface area contributed by atoms with E-state index in [1.807, 2.05) is 6.21 Å². The predicted octanol–water partition coefficient (Wildman–Crippen LogP) is 3.40. The van der Waals surface area contributed by atoms with Gasteiger partial charge in [-0.05, 0) is 64.7 Å².